The molecule has 8 atom stereocenters. The molecular weight excluding hydrogens is 791 g/mol. The van der Waals surface area contributed by atoms with Crippen molar-refractivity contribution in [1.82, 2.24) is 4.72 Å². The maximum absolute atomic E-state index is 14.0. The van der Waals surface area contributed by atoms with Crippen LogP contribution in [0.1, 0.15) is 79.0 Å². The third-order valence-corrected chi connectivity index (χ3v) is 17.7. The van der Waals surface area contributed by atoms with Gasteiger partial charge in [-0.1, -0.05) is 87.5 Å². The zero-order valence-corrected chi connectivity index (χ0v) is 37.5. The second-order valence-electron chi connectivity index (χ2n) is 16.7. The highest BCUT2D eigenvalue weighted by molar-refractivity contribution is 7.99. The minimum atomic E-state index is -2.12. The highest BCUT2D eigenvalue weighted by Gasteiger charge is 2.55. The van der Waals surface area contributed by atoms with Gasteiger partial charge in [0.15, 0.2) is 26.6 Å². The molecule has 0 spiro atoms. The van der Waals surface area contributed by atoms with Crippen LogP contribution in [0.3, 0.4) is 0 Å². The van der Waals surface area contributed by atoms with Crippen LogP contribution in [0.5, 0.6) is 0 Å². The molecule has 1 heterocycles. The fourth-order valence-electron chi connectivity index (χ4n) is 5.66. The lowest BCUT2D eigenvalue weighted by molar-refractivity contribution is -0.205. The van der Waals surface area contributed by atoms with Crippen molar-refractivity contribution < 1.29 is 42.3 Å². The van der Waals surface area contributed by atoms with Crippen LogP contribution in [-0.2, 0) is 34.7 Å². The van der Waals surface area contributed by atoms with E-state index in [-0.39, 0.29) is 34.1 Å². The van der Waals surface area contributed by atoms with Crippen molar-refractivity contribution >= 4 is 49.3 Å². The van der Waals surface area contributed by atoms with E-state index in [1.807, 2.05) is 26.8 Å². The zero-order valence-electron chi connectivity index (χ0n) is 34.9. The number of carbonyl (C=O) groups excluding carboxylic acids is 3. The molecule has 0 amide bonds. The molecule has 3 aromatic rings. The number of nitrogens with one attached hydrogen (secondary N) is 1. The molecule has 314 valence electrons. The molecule has 1 aliphatic rings. The fourth-order valence-corrected chi connectivity index (χ4v) is 8.86. The number of esters is 3. The van der Waals surface area contributed by atoms with Gasteiger partial charge in [0.05, 0.1) is 22.7 Å². The van der Waals surface area contributed by atoms with E-state index in [1.165, 1.54) is 11.8 Å². The average Bonchev–Trinajstić information content (AvgIpc) is 3.19. The molecule has 3 unspecified atom stereocenters. The van der Waals surface area contributed by atoms with Crippen LogP contribution in [0.25, 0.3) is 0 Å². The Morgan fingerprint density at radius 2 is 1.24 bits per heavy atom. The van der Waals surface area contributed by atoms with Gasteiger partial charge in [-0.25, -0.2) is 14.4 Å². The van der Waals surface area contributed by atoms with E-state index in [0.717, 1.165) is 0 Å². The smallest absolute Gasteiger partial charge is 0.338 e. The van der Waals surface area contributed by atoms with Crippen molar-refractivity contribution in [2.45, 2.75) is 107 Å². The van der Waals surface area contributed by atoms with Gasteiger partial charge in [-0.2, -0.15) is 0 Å². The standard InChI is InChI=1S/C45H59NO9S2Si/c1-11-22-35(46-57(50)44(3,4)5)36-37(52-40(47)32-23-16-13-17-24-32)38(53-41(48)33-25-18-14-19-26-33)39(54-42(49)34-27-20-15-21-28-34)43(55-36)56-30-31(12-2)29-51-58(9,10)45(6,7)8/h11-21,23-28,31,35-39,43,46H,1-2,22,29-30H2,3-10H3/t31?,35?,36-,37+,38+,39-,43-,57?/m1/s1. The molecule has 1 saturated heterocycles. The van der Waals surface area contributed by atoms with Crippen molar-refractivity contribution in [2.75, 3.05) is 12.4 Å². The van der Waals surface area contributed by atoms with E-state index in [0.29, 0.717) is 12.4 Å². The molecule has 4 rings (SSSR count). The summed E-state index contributed by atoms with van der Waals surface area (Å²) in [6.07, 6.45) is -1.42. The van der Waals surface area contributed by atoms with Crippen LogP contribution in [0.2, 0.25) is 18.1 Å². The molecule has 3 aromatic carbocycles. The SMILES string of the molecule is C=CCC(N[S+]([O-])C(C)(C)C)[C@H]1O[C@H](SCC(C=C)CO[Si](C)(C)C(C)(C)C)[C@H](OC(=O)c2ccccc2)[C@@H](OC(=O)c2ccccc2)[C@H]1OC(=O)c1ccccc1. The highest BCUT2D eigenvalue weighted by atomic mass is 32.2. The summed E-state index contributed by atoms with van der Waals surface area (Å²) in [5.41, 5.74) is -0.242. The van der Waals surface area contributed by atoms with Gasteiger partial charge in [0.1, 0.15) is 16.3 Å². The first-order chi connectivity index (χ1) is 27.4. The van der Waals surface area contributed by atoms with Crippen molar-refractivity contribution in [3.63, 3.8) is 0 Å². The Hall–Kier alpha value is -3.69. The summed E-state index contributed by atoms with van der Waals surface area (Å²) in [5.74, 6) is -1.85. The van der Waals surface area contributed by atoms with Crippen molar-refractivity contribution in [2.24, 2.45) is 5.92 Å². The third kappa shape index (κ3) is 12.9. The Kier molecular flexibility index (Phi) is 17.0. The van der Waals surface area contributed by atoms with Crippen LogP contribution in [0, 0.1) is 5.92 Å². The molecule has 58 heavy (non-hydrogen) atoms. The molecule has 0 bridgehead atoms. The molecule has 1 fully saturated rings. The van der Waals surface area contributed by atoms with Crippen molar-refractivity contribution in [1.29, 1.82) is 0 Å². The van der Waals surface area contributed by atoms with Crippen LogP contribution < -0.4 is 4.72 Å². The largest absolute Gasteiger partial charge is 0.598 e. The van der Waals surface area contributed by atoms with E-state index in [1.54, 1.807) is 97.1 Å². The van der Waals surface area contributed by atoms with E-state index < -0.39 is 78.2 Å². The number of hydrogen-bond donors (Lipinski definition) is 1. The van der Waals surface area contributed by atoms with Gasteiger partial charge >= 0.3 is 17.9 Å². The summed E-state index contributed by atoms with van der Waals surface area (Å²) in [6, 6.07) is 24.4. The Labute approximate surface area is 352 Å². The van der Waals surface area contributed by atoms with Crippen LogP contribution in [-0.4, -0.2) is 83.8 Å². The molecule has 1 aliphatic heterocycles. The molecule has 0 radical (unpaired) electrons. The fraction of sp³-hybridized carbons (Fsp3) is 0.444. The summed E-state index contributed by atoms with van der Waals surface area (Å²) in [7, 11) is -2.12. The maximum atomic E-state index is 14.0. The molecule has 1 N–H and O–H groups in total. The summed E-state index contributed by atoms with van der Waals surface area (Å²) < 4.78 is 48.7. The van der Waals surface area contributed by atoms with Gasteiger partial charge in [-0.3, -0.25) is 0 Å². The number of hydrogen-bond acceptors (Lipinski definition) is 11. The summed E-state index contributed by atoms with van der Waals surface area (Å²) >= 11 is -0.271. The summed E-state index contributed by atoms with van der Waals surface area (Å²) in [4.78, 5) is 42.0. The molecule has 0 aromatic heterocycles. The Morgan fingerprint density at radius 3 is 1.66 bits per heavy atom. The minimum Gasteiger partial charge on any atom is -0.598 e. The van der Waals surface area contributed by atoms with Crippen molar-refractivity contribution in [3.05, 3.63) is 133 Å². The van der Waals surface area contributed by atoms with Gasteiger partial charge in [0.2, 0.25) is 0 Å². The molecule has 0 aliphatic carbocycles. The molecular formula is C45H59NO9S2Si. The van der Waals surface area contributed by atoms with Gasteiger partial charge in [0.25, 0.3) is 0 Å². The second-order valence-corrected chi connectivity index (χ2v) is 24.6. The summed E-state index contributed by atoms with van der Waals surface area (Å²) in [6.45, 7) is 24.9. The van der Waals surface area contributed by atoms with Gasteiger partial charge < -0.3 is 27.9 Å². The molecule has 0 saturated carbocycles. The minimum absolute atomic E-state index is 0.00927. The number of benzene rings is 3. The van der Waals surface area contributed by atoms with Crippen molar-refractivity contribution in [3.8, 4) is 0 Å². The highest BCUT2D eigenvalue weighted by Crippen LogP contribution is 2.40. The topological polar surface area (TPSA) is 132 Å². The number of thioether (sulfide) groups is 1. The second kappa shape index (κ2) is 21.0. The number of carbonyl (C=O) groups is 3. The van der Waals surface area contributed by atoms with E-state index >= 15 is 0 Å². The first-order valence-corrected chi connectivity index (χ1v) is 24.6. The van der Waals surface area contributed by atoms with Gasteiger partial charge in [-0.05, 0) is 81.7 Å². The monoisotopic (exact) mass is 849 g/mol. The maximum Gasteiger partial charge on any atom is 0.338 e. The Balaban J connectivity index is 1.86. The quantitative estimate of drug-likeness (QED) is 0.0433. The lowest BCUT2D eigenvalue weighted by Crippen LogP contribution is -2.66. The molecule has 13 heteroatoms. The first kappa shape index (κ1) is 47.0. The van der Waals surface area contributed by atoms with Crippen LogP contribution in [0.4, 0.5) is 0 Å². The van der Waals surface area contributed by atoms with Crippen LogP contribution >= 0.6 is 11.8 Å². The summed E-state index contributed by atoms with van der Waals surface area (Å²) in [5, 5.41) is -0.00927. The van der Waals surface area contributed by atoms with E-state index in [2.05, 4.69) is 51.7 Å². The number of rotatable bonds is 18. The van der Waals surface area contributed by atoms with E-state index in [4.69, 9.17) is 23.4 Å². The predicted octanol–water partition coefficient (Wildman–Crippen LogP) is 8.94. The predicted molar refractivity (Wildman–Crippen MR) is 235 cm³/mol. The van der Waals surface area contributed by atoms with Gasteiger partial charge in [0, 0.05) is 29.6 Å². The first-order valence-electron chi connectivity index (χ1n) is 19.5. The molecule has 10 nitrogen and oxygen atoms in total. The van der Waals surface area contributed by atoms with Gasteiger partial charge in [-0.15, -0.1) is 29.6 Å². The third-order valence-electron chi connectivity index (χ3n) is 10.2. The Morgan fingerprint density at radius 1 is 0.793 bits per heavy atom. The lowest BCUT2D eigenvalue weighted by atomic mass is 9.92. The Bertz CT molecular complexity index is 1800. The lowest BCUT2D eigenvalue weighted by Gasteiger charge is -2.47. The number of ether oxygens (including phenoxy) is 4. The average molecular weight is 850 g/mol. The normalized spacial score (nSPS) is 21.5. The van der Waals surface area contributed by atoms with E-state index in [9.17, 15) is 18.9 Å². The zero-order chi connectivity index (χ0) is 42.7. The van der Waals surface area contributed by atoms with Crippen LogP contribution in [0.15, 0.2) is 116 Å².